The summed E-state index contributed by atoms with van der Waals surface area (Å²) < 4.78 is 5.34. The lowest BCUT2D eigenvalue weighted by Crippen LogP contribution is -2.26. The molecule has 0 aliphatic carbocycles. The molecule has 0 fully saturated rings. The van der Waals surface area contributed by atoms with E-state index in [4.69, 9.17) is 4.42 Å². The van der Waals surface area contributed by atoms with Crippen LogP contribution in [0.5, 0.6) is 0 Å². The number of nitrogens with one attached hydrogen (secondary N) is 1. The van der Waals surface area contributed by atoms with E-state index in [-0.39, 0.29) is 11.9 Å². The molecule has 3 nitrogen and oxygen atoms in total. The Morgan fingerprint density at radius 2 is 1.94 bits per heavy atom. The normalized spacial score (nSPS) is 12.1. The SMILES string of the molecule is CC(=O)NC(c1ccccc1)c1ccco1. The summed E-state index contributed by atoms with van der Waals surface area (Å²) in [5.41, 5.74) is 1.01. The average Bonchev–Trinajstić information content (AvgIpc) is 2.80. The van der Waals surface area contributed by atoms with Crippen LogP contribution in [-0.2, 0) is 4.79 Å². The maximum Gasteiger partial charge on any atom is 0.217 e. The van der Waals surface area contributed by atoms with Gasteiger partial charge in [-0.05, 0) is 17.7 Å². The van der Waals surface area contributed by atoms with Crippen LogP contribution in [0.2, 0.25) is 0 Å². The van der Waals surface area contributed by atoms with Crippen LogP contribution in [0.25, 0.3) is 0 Å². The first-order chi connectivity index (χ1) is 7.77. The van der Waals surface area contributed by atoms with Crippen LogP contribution in [0.15, 0.2) is 53.1 Å². The second-order valence-electron chi connectivity index (χ2n) is 3.56. The van der Waals surface area contributed by atoms with Crippen molar-refractivity contribution in [2.75, 3.05) is 0 Å². The monoisotopic (exact) mass is 215 g/mol. The van der Waals surface area contributed by atoms with Crippen molar-refractivity contribution in [3.63, 3.8) is 0 Å². The highest BCUT2D eigenvalue weighted by atomic mass is 16.3. The molecule has 0 aliphatic heterocycles. The smallest absolute Gasteiger partial charge is 0.217 e. The Kier molecular flexibility index (Phi) is 3.05. The van der Waals surface area contributed by atoms with Gasteiger partial charge in [0.25, 0.3) is 0 Å². The van der Waals surface area contributed by atoms with Crippen molar-refractivity contribution in [1.82, 2.24) is 5.32 Å². The Bertz CT molecular complexity index is 448. The number of hydrogen-bond acceptors (Lipinski definition) is 2. The van der Waals surface area contributed by atoms with Crippen molar-refractivity contribution in [2.24, 2.45) is 0 Å². The molecule has 1 aromatic carbocycles. The lowest BCUT2D eigenvalue weighted by molar-refractivity contribution is -0.119. The van der Waals surface area contributed by atoms with E-state index in [2.05, 4.69) is 5.32 Å². The van der Waals surface area contributed by atoms with Crippen LogP contribution in [0.1, 0.15) is 24.3 Å². The topological polar surface area (TPSA) is 42.2 Å². The first-order valence-corrected chi connectivity index (χ1v) is 5.13. The zero-order chi connectivity index (χ0) is 11.4. The lowest BCUT2D eigenvalue weighted by atomic mass is 10.0. The molecule has 0 aliphatic rings. The fourth-order valence-corrected chi connectivity index (χ4v) is 1.62. The standard InChI is InChI=1S/C13H13NO2/c1-10(15)14-13(12-8-5-9-16-12)11-6-3-2-4-7-11/h2-9,13H,1H3,(H,14,15). The summed E-state index contributed by atoms with van der Waals surface area (Å²) in [5, 5.41) is 2.87. The van der Waals surface area contributed by atoms with Gasteiger partial charge in [0, 0.05) is 6.92 Å². The van der Waals surface area contributed by atoms with Crippen LogP contribution < -0.4 is 5.32 Å². The maximum atomic E-state index is 11.2. The first-order valence-electron chi connectivity index (χ1n) is 5.13. The predicted octanol–water partition coefficient (Wildman–Crippen LogP) is 2.51. The Balaban J connectivity index is 2.32. The highest BCUT2D eigenvalue weighted by Gasteiger charge is 2.16. The van der Waals surface area contributed by atoms with Crippen LogP contribution in [-0.4, -0.2) is 5.91 Å². The summed E-state index contributed by atoms with van der Waals surface area (Å²) in [5.74, 6) is 0.659. The molecule has 3 heteroatoms. The summed E-state index contributed by atoms with van der Waals surface area (Å²) in [6.45, 7) is 1.50. The number of carbonyl (C=O) groups excluding carboxylic acids is 1. The minimum Gasteiger partial charge on any atom is -0.467 e. The highest BCUT2D eigenvalue weighted by molar-refractivity contribution is 5.73. The number of carbonyl (C=O) groups is 1. The van der Waals surface area contributed by atoms with E-state index in [1.54, 1.807) is 6.26 Å². The molecule has 1 amide bonds. The molecule has 1 unspecified atom stereocenters. The highest BCUT2D eigenvalue weighted by Crippen LogP contribution is 2.21. The third kappa shape index (κ3) is 2.31. The van der Waals surface area contributed by atoms with Crippen LogP contribution in [0.3, 0.4) is 0 Å². The Morgan fingerprint density at radius 3 is 2.50 bits per heavy atom. The van der Waals surface area contributed by atoms with E-state index in [9.17, 15) is 4.79 Å². The van der Waals surface area contributed by atoms with Gasteiger partial charge in [-0.25, -0.2) is 0 Å². The summed E-state index contributed by atoms with van der Waals surface area (Å²) in [4.78, 5) is 11.2. The first kappa shape index (κ1) is 10.5. The summed E-state index contributed by atoms with van der Waals surface area (Å²) in [7, 11) is 0. The van der Waals surface area contributed by atoms with E-state index < -0.39 is 0 Å². The predicted molar refractivity (Wildman–Crippen MR) is 60.8 cm³/mol. The molecule has 82 valence electrons. The van der Waals surface area contributed by atoms with Crippen molar-refractivity contribution in [2.45, 2.75) is 13.0 Å². The number of hydrogen-bond donors (Lipinski definition) is 1. The molecule has 1 heterocycles. The number of furan rings is 1. The Morgan fingerprint density at radius 1 is 1.19 bits per heavy atom. The van der Waals surface area contributed by atoms with E-state index in [1.165, 1.54) is 6.92 Å². The summed E-state index contributed by atoms with van der Waals surface area (Å²) in [6.07, 6.45) is 1.60. The van der Waals surface area contributed by atoms with Crippen molar-refractivity contribution < 1.29 is 9.21 Å². The van der Waals surface area contributed by atoms with Gasteiger partial charge in [0.05, 0.1) is 6.26 Å². The fraction of sp³-hybridized carbons (Fsp3) is 0.154. The molecule has 0 radical (unpaired) electrons. The van der Waals surface area contributed by atoms with Crippen molar-refractivity contribution in [3.05, 3.63) is 60.1 Å². The molecular formula is C13H13NO2. The molecule has 1 atom stereocenters. The largest absolute Gasteiger partial charge is 0.467 e. The fourth-order valence-electron chi connectivity index (χ4n) is 1.62. The molecule has 1 N–H and O–H groups in total. The molecule has 1 aromatic heterocycles. The van der Waals surface area contributed by atoms with E-state index in [0.717, 1.165) is 11.3 Å². The van der Waals surface area contributed by atoms with Gasteiger partial charge >= 0.3 is 0 Å². The van der Waals surface area contributed by atoms with Gasteiger partial charge in [0.1, 0.15) is 11.8 Å². The summed E-state index contributed by atoms with van der Waals surface area (Å²) >= 11 is 0. The Labute approximate surface area is 94.1 Å². The van der Waals surface area contributed by atoms with Crippen LogP contribution in [0, 0.1) is 0 Å². The third-order valence-corrected chi connectivity index (χ3v) is 2.31. The second kappa shape index (κ2) is 4.66. The van der Waals surface area contributed by atoms with Gasteiger partial charge in [0.2, 0.25) is 5.91 Å². The molecule has 0 spiro atoms. The van der Waals surface area contributed by atoms with Crippen molar-refractivity contribution >= 4 is 5.91 Å². The minimum atomic E-state index is -0.214. The van der Waals surface area contributed by atoms with Crippen LogP contribution in [0.4, 0.5) is 0 Å². The molecule has 16 heavy (non-hydrogen) atoms. The molecule has 2 rings (SSSR count). The second-order valence-corrected chi connectivity index (χ2v) is 3.56. The van der Waals surface area contributed by atoms with E-state index >= 15 is 0 Å². The van der Waals surface area contributed by atoms with Gasteiger partial charge in [-0.1, -0.05) is 30.3 Å². The third-order valence-electron chi connectivity index (χ3n) is 2.31. The average molecular weight is 215 g/mol. The quantitative estimate of drug-likeness (QED) is 0.854. The van der Waals surface area contributed by atoms with E-state index in [1.807, 2.05) is 42.5 Å². The lowest BCUT2D eigenvalue weighted by Gasteiger charge is -2.15. The number of amides is 1. The van der Waals surface area contributed by atoms with Gasteiger partial charge in [-0.15, -0.1) is 0 Å². The molecule has 0 saturated carbocycles. The van der Waals surface area contributed by atoms with Gasteiger partial charge < -0.3 is 9.73 Å². The zero-order valence-corrected chi connectivity index (χ0v) is 9.01. The van der Waals surface area contributed by atoms with E-state index in [0.29, 0.717) is 0 Å². The summed E-state index contributed by atoms with van der Waals surface area (Å²) in [6, 6.07) is 13.2. The van der Waals surface area contributed by atoms with Crippen molar-refractivity contribution in [1.29, 1.82) is 0 Å². The van der Waals surface area contributed by atoms with Gasteiger partial charge in [-0.2, -0.15) is 0 Å². The zero-order valence-electron chi connectivity index (χ0n) is 9.01. The number of rotatable bonds is 3. The van der Waals surface area contributed by atoms with Crippen molar-refractivity contribution in [3.8, 4) is 0 Å². The Hall–Kier alpha value is -2.03. The molecular weight excluding hydrogens is 202 g/mol. The maximum absolute atomic E-state index is 11.2. The van der Waals surface area contributed by atoms with Gasteiger partial charge in [-0.3, -0.25) is 4.79 Å². The molecule has 0 bridgehead atoms. The minimum absolute atomic E-state index is 0.0785. The molecule has 2 aromatic rings. The molecule has 0 saturated heterocycles. The van der Waals surface area contributed by atoms with Crippen LogP contribution >= 0.6 is 0 Å². The number of benzene rings is 1. The van der Waals surface area contributed by atoms with Gasteiger partial charge in [0.15, 0.2) is 0 Å².